The van der Waals surface area contributed by atoms with E-state index >= 15 is 0 Å². The molecule has 0 heterocycles. The first-order valence-electron chi connectivity index (χ1n) is 17.6. The molecule has 0 saturated carbocycles. The van der Waals surface area contributed by atoms with Gasteiger partial charge in [0.1, 0.15) is 5.76 Å². The predicted molar refractivity (Wildman–Crippen MR) is 186 cm³/mol. The predicted octanol–water partition coefficient (Wildman–Crippen LogP) is 9.28. The van der Waals surface area contributed by atoms with Crippen molar-refractivity contribution in [2.24, 2.45) is 0 Å². The van der Waals surface area contributed by atoms with E-state index in [0.717, 1.165) is 56.9 Å². The molecule has 0 unspecified atom stereocenters. The number of aryl methyl sites for hydroxylation is 1. The summed E-state index contributed by atoms with van der Waals surface area (Å²) in [5.41, 5.74) is 2.79. The Morgan fingerprint density at radius 3 is 1.72 bits per heavy atom. The Labute approximate surface area is 275 Å². The first-order valence-corrected chi connectivity index (χ1v) is 17.6. The number of aliphatic hydroxyl groups is 1. The van der Waals surface area contributed by atoms with Gasteiger partial charge in [0.15, 0.2) is 5.78 Å². The van der Waals surface area contributed by atoms with Gasteiger partial charge in [-0.1, -0.05) is 110 Å². The average Bonchev–Trinajstić information content (AvgIpc) is 3.02. The molecule has 0 atom stereocenters. The van der Waals surface area contributed by atoms with Gasteiger partial charge in [-0.05, 0) is 55.2 Å². The van der Waals surface area contributed by atoms with Gasteiger partial charge in [-0.2, -0.15) is 0 Å². The fourth-order valence-corrected chi connectivity index (χ4v) is 6.04. The Kier molecular flexibility index (Phi) is 15.7. The molecule has 3 N–H and O–H groups in total. The van der Waals surface area contributed by atoms with Crippen LogP contribution in [0.1, 0.15) is 141 Å². The Morgan fingerprint density at radius 1 is 0.674 bits per heavy atom. The molecule has 0 radical (unpaired) electrons. The van der Waals surface area contributed by atoms with Crippen LogP contribution in [0.25, 0.3) is 5.57 Å². The highest BCUT2D eigenvalue weighted by Crippen LogP contribution is 2.41. The first-order chi connectivity index (χ1) is 22.3. The molecule has 7 heteroatoms. The van der Waals surface area contributed by atoms with E-state index in [2.05, 4.69) is 24.5 Å². The molecule has 2 amide bonds. The summed E-state index contributed by atoms with van der Waals surface area (Å²) in [6.45, 7) is 6.21. The van der Waals surface area contributed by atoms with Crippen LogP contribution in [0.5, 0.6) is 0 Å². The quantitative estimate of drug-likeness (QED) is 0.0926. The van der Waals surface area contributed by atoms with Crippen molar-refractivity contribution in [2.45, 2.75) is 136 Å². The molecule has 0 spiro atoms. The lowest BCUT2D eigenvalue weighted by Crippen LogP contribution is -2.29. The molecule has 0 fully saturated rings. The standard InChI is InChI=1S/C39H54N2O5/c1-4-6-8-10-11-12-13-14-15-17-19-20-34(43)40-29-22-24-31(28(3)26-29)36-38(45)37(39(36)46)32-25-23-30(42)27-33(32)41-35(44)21-18-16-9-7-5-2/h22-27,45H,4-21H2,1-3H3,(H,40,43)(H,41,44)/b37-32+. The molecule has 0 aliphatic heterocycles. The fraction of sp³-hybridized carbons (Fsp3) is 0.538. The summed E-state index contributed by atoms with van der Waals surface area (Å²) in [5.74, 6) is -1.08. The third-order valence-electron chi connectivity index (χ3n) is 8.76. The van der Waals surface area contributed by atoms with Crippen LogP contribution < -0.4 is 10.6 Å². The number of aliphatic hydroxyl groups excluding tert-OH is 1. The highest BCUT2D eigenvalue weighted by Gasteiger charge is 2.38. The number of hydrogen-bond donors (Lipinski definition) is 3. The van der Waals surface area contributed by atoms with Gasteiger partial charge in [0.2, 0.25) is 17.6 Å². The number of rotatable bonds is 21. The maximum Gasteiger partial charge on any atom is 0.224 e. The van der Waals surface area contributed by atoms with E-state index in [1.54, 1.807) is 18.2 Å². The van der Waals surface area contributed by atoms with Gasteiger partial charge >= 0.3 is 0 Å². The van der Waals surface area contributed by atoms with E-state index in [0.29, 0.717) is 29.7 Å². The third kappa shape index (κ3) is 11.3. The van der Waals surface area contributed by atoms with Crippen molar-refractivity contribution in [3.05, 3.63) is 70.2 Å². The molecule has 0 bridgehead atoms. The van der Waals surface area contributed by atoms with Crippen molar-refractivity contribution >= 4 is 34.6 Å². The van der Waals surface area contributed by atoms with E-state index in [1.165, 1.54) is 69.6 Å². The van der Waals surface area contributed by atoms with E-state index in [4.69, 9.17) is 0 Å². The van der Waals surface area contributed by atoms with Gasteiger partial charge in [-0.25, -0.2) is 0 Å². The van der Waals surface area contributed by atoms with Crippen LogP contribution in [-0.2, 0) is 19.2 Å². The number of amides is 2. The van der Waals surface area contributed by atoms with Crippen LogP contribution in [-0.4, -0.2) is 28.5 Å². The Hall–Kier alpha value is -3.74. The maximum atomic E-state index is 13.4. The van der Waals surface area contributed by atoms with Gasteiger partial charge < -0.3 is 15.7 Å². The number of allylic oxidation sites excluding steroid dienone is 5. The number of nitrogens with one attached hydrogen (secondary N) is 2. The van der Waals surface area contributed by atoms with Gasteiger partial charge in [0, 0.05) is 30.2 Å². The van der Waals surface area contributed by atoms with Crippen LogP contribution in [0.15, 0.2) is 59.0 Å². The zero-order chi connectivity index (χ0) is 33.3. The van der Waals surface area contributed by atoms with Gasteiger partial charge in [-0.3, -0.25) is 19.2 Å². The molecular weight excluding hydrogens is 576 g/mol. The van der Waals surface area contributed by atoms with Crippen molar-refractivity contribution in [2.75, 3.05) is 5.32 Å². The van der Waals surface area contributed by atoms with Gasteiger partial charge in [-0.15, -0.1) is 0 Å². The van der Waals surface area contributed by atoms with Crippen LogP contribution in [0, 0.1) is 6.92 Å². The molecule has 7 nitrogen and oxygen atoms in total. The van der Waals surface area contributed by atoms with Crippen LogP contribution in [0.2, 0.25) is 0 Å². The Bertz CT molecular complexity index is 1360. The zero-order valence-electron chi connectivity index (χ0n) is 28.3. The Morgan fingerprint density at radius 2 is 1.20 bits per heavy atom. The smallest absolute Gasteiger partial charge is 0.224 e. The highest BCUT2D eigenvalue weighted by atomic mass is 16.3. The minimum Gasteiger partial charge on any atom is -0.506 e. The van der Waals surface area contributed by atoms with Crippen LogP contribution >= 0.6 is 0 Å². The monoisotopic (exact) mass is 630 g/mol. The molecular formula is C39H54N2O5. The summed E-state index contributed by atoms with van der Waals surface area (Å²) in [5, 5.41) is 16.8. The summed E-state index contributed by atoms with van der Waals surface area (Å²) in [6, 6.07) is 5.28. The first kappa shape index (κ1) is 36.7. The minimum absolute atomic E-state index is 0.0298. The van der Waals surface area contributed by atoms with Crippen LogP contribution in [0.3, 0.4) is 0 Å². The van der Waals surface area contributed by atoms with E-state index in [-0.39, 0.29) is 46.0 Å². The highest BCUT2D eigenvalue weighted by molar-refractivity contribution is 6.39. The second-order valence-electron chi connectivity index (χ2n) is 12.7. The fourth-order valence-electron chi connectivity index (χ4n) is 6.04. The molecule has 46 heavy (non-hydrogen) atoms. The molecule has 3 rings (SSSR count). The normalized spacial score (nSPS) is 16.0. The summed E-state index contributed by atoms with van der Waals surface area (Å²) in [6.07, 6.45) is 23.5. The molecule has 2 aliphatic carbocycles. The van der Waals surface area contributed by atoms with Crippen molar-refractivity contribution < 1.29 is 24.3 Å². The van der Waals surface area contributed by atoms with E-state index < -0.39 is 0 Å². The number of ketones is 2. The van der Waals surface area contributed by atoms with Gasteiger partial charge in [0.25, 0.3) is 0 Å². The molecule has 250 valence electrons. The summed E-state index contributed by atoms with van der Waals surface area (Å²) >= 11 is 0. The molecule has 0 aromatic heterocycles. The number of anilines is 1. The molecule has 2 aliphatic rings. The number of unbranched alkanes of at least 4 members (excludes halogenated alkanes) is 14. The zero-order valence-corrected chi connectivity index (χ0v) is 28.3. The summed E-state index contributed by atoms with van der Waals surface area (Å²) in [7, 11) is 0. The third-order valence-corrected chi connectivity index (χ3v) is 8.76. The van der Waals surface area contributed by atoms with Crippen molar-refractivity contribution in [3.8, 4) is 0 Å². The van der Waals surface area contributed by atoms with Crippen molar-refractivity contribution in [1.82, 2.24) is 5.32 Å². The van der Waals surface area contributed by atoms with E-state index in [1.807, 2.05) is 6.92 Å². The summed E-state index contributed by atoms with van der Waals surface area (Å²) < 4.78 is 0. The number of hydrogen-bond acceptors (Lipinski definition) is 5. The largest absolute Gasteiger partial charge is 0.506 e. The topological polar surface area (TPSA) is 113 Å². The Balaban J connectivity index is 1.53. The van der Waals surface area contributed by atoms with Gasteiger partial charge in [0.05, 0.1) is 16.8 Å². The second kappa shape index (κ2) is 19.7. The average molecular weight is 631 g/mol. The lowest BCUT2D eigenvalue weighted by atomic mass is 9.78. The minimum atomic E-state index is -0.359. The number of benzene rings is 1. The lowest BCUT2D eigenvalue weighted by molar-refractivity contribution is -0.120. The molecule has 0 saturated heterocycles. The SMILES string of the molecule is CCCCCCCCCCCCCC(=O)Nc1ccc(C2=C(O)/C(=C3/C=CC(=O)C=C3NC(=O)CCCCCCC)C2=O)c(C)c1. The summed E-state index contributed by atoms with van der Waals surface area (Å²) in [4.78, 5) is 50.6. The molecule has 1 aromatic rings. The molecule has 1 aromatic carbocycles. The van der Waals surface area contributed by atoms with Crippen LogP contribution in [0.4, 0.5) is 5.69 Å². The van der Waals surface area contributed by atoms with Crippen molar-refractivity contribution in [1.29, 1.82) is 0 Å². The lowest BCUT2D eigenvalue weighted by Gasteiger charge is -2.26. The number of carbonyl (C=O) groups excluding carboxylic acids is 4. The number of Topliss-reactive ketones (excluding diaryl/α,β-unsaturated/α-hetero) is 1. The maximum absolute atomic E-state index is 13.4. The van der Waals surface area contributed by atoms with Crippen molar-refractivity contribution in [3.63, 3.8) is 0 Å². The van der Waals surface area contributed by atoms with E-state index in [9.17, 15) is 24.3 Å². The second-order valence-corrected chi connectivity index (χ2v) is 12.7. The number of carbonyl (C=O) groups is 4.